The van der Waals surface area contributed by atoms with Crippen molar-refractivity contribution >= 4 is 17.6 Å². The number of amides is 1. The molecular weight excluding hydrogens is 282 g/mol. The Morgan fingerprint density at radius 3 is 2.77 bits per heavy atom. The number of hydrogen-bond donors (Lipinski definition) is 1. The number of esters is 1. The molecule has 1 aromatic carbocycles. The van der Waals surface area contributed by atoms with Crippen molar-refractivity contribution in [1.29, 1.82) is 0 Å². The number of hydrogen-bond acceptors (Lipinski definition) is 4. The molecule has 0 bridgehead atoms. The van der Waals surface area contributed by atoms with Crippen molar-refractivity contribution in [2.75, 3.05) is 11.9 Å². The maximum absolute atomic E-state index is 12.0. The summed E-state index contributed by atoms with van der Waals surface area (Å²) in [4.78, 5) is 23.9. The number of carbonyl (C=O) groups excluding carboxylic acids is 2. The molecule has 6 heteroatoms. The molecule has 1 N–H and O–H groups in total. The largest absolute Gasteiger partial charge is 0.462 e. The fraction of sp³-hybridized carbons (Fsp3) is 0.312. The summed E-state index contributed by atoms with van der Waals surface area (Å²) in [6, 6.07) is 6.80. The van der Waals surface area contributed by atoms with Gasteiger partial charge in [0.1, 0.15) is 0 Å². The maximum Gasteiger partial charge on any atom is 0.340 e. The van der Waals surface area contributed by atoms with Crippen LogP contribution in [0.4, 0.5) is 5.69 Å². The van der Waals surface area contributed by atoms with Crippen LogP contribution in [-0.4, -0.2) is 28.3 Å². The van der Waals surface area contributed by atoms with Crippen LogP contribution in [0.2, 0.25) is 0 Å². The van der Waals surface area contributed by atoms with Gasteiger partial charge in [0.05, 0.1) is 24.1 Å². The number of anilines is 1. The van der Waals surface area contributed by atoms with Crippen LogP contribution in [0.3, 0.4) is 0 Å². The average molecular weight is 301 g/mol. The molecule has 0 aliphatic heterocycles. The predicted octanol–water partition coefficient (Wildman–Crippen LogP) is 2.40. The fourth-order valence-electron chi connectivity index (χ4n) is 2.00. The van der Waals surface area contributed by atoms with Gasteiger partial charge in [-0.3, -0.25) is 9.48 Å². The molecule has 0 unspecified atom stereocenters. The van der Waals surface area contributed by atoms with E-state index in [-0.39, 0.29) is 12.3 Å². The van der Waals surface area contributed by atoms with Gasteiger partial charge < -0.3 is 10.1 Å². The van der Waals surface area contributed by atoms with E-state index in [0.717, 1.165) is 5.56 Å². The highest BCUT2D eigenvalue weighted by Gasteiger charge is 2.13. The smallest absolute Gasteiger partial charge is 0.340 e. The van der Waals surface area contributed by atoms with Gasteiger partial charge >= 0.3 is 5.97 Å². The highest BCUT2D eigenvalue weighted by Crippen LogP contribution is 2.16. The van der Waals surface area contributed by atoms with E-state index >= 15 is 0 Å². The van der Waals surface area contributed by atoms with Crippen LogP contribution in [-0.2, 0) is 16.1 Å². The average Bonchev–Trinajstić information content (AvgIpc) is 2.91. The van der Waals surface area contributed by atoms with Crippen molar-refractivity contribution in [3.05, 3.63) is 47.8 Å². The highest BCUT2D eigenvalue weighted by atomic mass is 16.5. The zero-order valence-corrected chi connectivity index (χ0v) is 12.7. The minimum atomic E-state index is -0.443. The molecule has 6 nitrogen and oxygen atoms in total. The monoisotopic (exact) mass is 301 g/mol. The molecule has 116 valence electrons. The van der Waals surface area contributed by atoms with Gasteiger partial charge in [0.2, 0.25) is 5.91 Å². The van der Waals surface area contributed by atoms with Gasteiger partial charge in [-0.1, -0.05) is 12.1 Å². The number of para-hydroxylation sites is 1. The first-order valence-corrected chi connectivity index (χ1v) is 7.15. The first-order valence-electron chi connectivity index (χ1n) is 7.15. The standard InChI is InChI=1S/C16H19N3O3/c1-3-22-16(21)13-6-4-5-7-14(13)18-15(20)8-9-19-11-12(2)10-17-19/h4-7,10-11H,3,8-9H2,1-2H3,(H,18,20). The van der Waals surface area contributed by atoms with E-state index in [1.807, 2.05) is 13.1 Å². The van der Waals surface area contributed by atoms with Gasteiger partial charge in [0.15, 0.2) is 0 Å². The first-order chi connectivity index (χ1) is 10.6. The number of benzene rings is 1. The molecule has 0 radical (unpaired) electrons. The molecule has 0 aliphatic carbocycles. The number of nitrogens with zero attached hydrogens (tertiary/aromatic N) is 2. The van der Waals surface area contributed by atoms with Gasteiger partial charge in [-0.15, -0.1) is 0 Å². The summed E-state index contributed by atoms with van der Waals surface area (Å²) < 4.78 is 6.69. The highest BCUT2D eigenvalue weighted by molar-refractivity contribution is 6.01. The van der Waals surface area contributed by atoms with Crippen LogP contribution in [0.25, 0.3) is 0 Å². The second-order valence-corrected chi connectivity index (χ2v) is 4.84. The third-order valence-electron chi connectivity index (χ3n) is 3.03. The Hall–Kier alpha value is -2.63. The summed E-state index contributed by atoms with van der Waals surface area (Å²) in [5.41, 5.74) is 1.86. The number of aromatic nitrogens is 2. The second kappa shape index (κ2) is 7.40. The van der Waals surface area contributed by atoms with Crippen molar-refractivity contribution in [3.63, 3.8) is 0 Å². The van der Waals surface area contributed by atoms with E-state index in [4.69, 9.17) is 4.74 Å². The summed E-state index contributed by atoms with van der Waals surface area (Å²) in [6.45, 7) is 4.46. The Labute approximate surface area is 129 Å². The Morgan fingerprint density at radius 2 is 2.09 bits per heavy atom. The molecule has 2 aromatic rings. The molecule has 0 fully saturated rings. The Balaban J connectivity index is 1.97. The lowest BCUT2D eigenvalue weighted by Crippen LogP contribution is -2.17. The molecule has 0 spiro atoms. The number of aryl methyl sites for hydroxylation is 2. The molecule has 22 heavy (non-hydrogen) atoms. The van der Waals surface area contributed by atoms with Crippen molar-refractivity contribution in [1.82, 2.24) is 9.78 Å². The summed E-state index contributed by atoms with van der Waals surface area (Å²) in [5.74, 6) is -0.619. The van der Waals surface area contributed by atoms with Crippen LogP contribution in [0.5, 0.6) is 0 Å². The van der Waals surface area contributed by atoms with E-state index in [0.29, 0.717) is 24.4 Å². The SMILES string of the molecule is CCOC(=O)c1ccccc1NC(=O)CCn1cc(C)cn1. The third-order valence-corrected chi connectivity index (χ3v) is 3.03. The lowest BCUT2D eigenvalue weighted by atomic mass is 10.1. The number of nitrogens with one attached hydrogen (secondary N) is 1. The lowest BCUT2D eigenvalue weighted by Gasteiger charge is -2.10. The number of rotatable bonds is 6. The Morgan fingerprint density at radius 1 is 1.32 bits per heavy atom. The maximum atomic E-state index is 12.0. The molecule has 1 heterocycles. The molecule has 0 atom stereocenters. The van der Waals surface area contributed by atoms with E-state index in [1.165, 1.54) is 0 Å². The normalized spacial score (nSPS) is 10.3. The van der Waals surface area contributed by atoms with Gasteiger partial charge in [-0.2, -0.15) is 5.10 Å². The van der Waals surface area contributed by atoms with Crippen molar-refractivity contribution in [2.45, 2.75) is 26.8 Å². The molecule has 1 aromatic heterocycles. The molecule has 0 aliphatic rings. The summed E-state index contributed by atoms with van der Waals surface area (Å²) in [5, 5.41) is 6.87. The van der Waals surface area contributed by atoms with Crippen molar-refractivity contribution < 1.29 is 14.3 Å². The topological polar surface area (TPSA) is 73.2 Å². The minimum absolute atomic E-state index is 0.176. The van der Waals surface area contributed by atoms with Crippen molar-refractivity contribution in [3.8, 4) is 0 Å². The third kappa shape index (κ3) is 4.18. The predicted molar refractivity (Wildman–Crippen MR) is 82.6 cm³/mol. The Bertz CT molecular complexity index is 664. The van der Waals surface area contributed by atoms with Crippen LogP contribution >= 0.6 is 0 Å². The zero-order chi connectivity index (χ0) is 15.9. The summed E-state index contributed by atoms with van der Waals surface area (Å²) >= 11 is 0. The zero-order valence-electron chi connectivity index (χ0n) is 12.7. The Kier molecular flexibility index (Phi) is 5.30. The quantitative estimate of drug-likeness (QED) is 0.831. The molecule has 0 saturated carbocycles. The van der Waals surface area contributed by atoms with E-state index in [2.05, 4.69) is 10.4 Å². The molecule has 1 amide bonds. The molecule has 2 rings (SSSR count). The van der Waals surface area contributed by atoms with Crippen molar-refractivity contribution in [2.24, 2.45) is 0 Å². The van der Waals surface area contributed by atoms with E-state index in [1.54, 1.807) is 42.1 Å². The second-order valence-electron chi connectivity index (χ2n) is 4.84. The van der Waals surface area contributed by atoms with Crippen LogP contribution in [0.15, 0.2) is 36.7 Å². The summed E-state index contributed by atoms with van der Waals surface area (Å²) in [6.07, 6.45) is 3.89. The van der Waals surface area contributed by atoms with Crippen LogP contribution in [0.1, 0.15) is 29.3 Å². The number of carbonyl (C=O) groups is 2. The van der Waals surface area contributed by atoms with Gasteiger partial charge in [-0.25, -0.2) is 4.79 Å². The molecular formula is C16H19N3O3. The van der Waals surface area contributed by atoms with Gasteiger partial charge in [-0.05, 0) is 31.5 Å². The van der Waals surface area contributed by atoms with Gasteiger partial charge in [0.25, 0.3) is 0 Å². The lowest BCUT2D eigenvalue weighted by molar-refractivity contribution is -0.116. The van der Waals surface area contributed by atoms with E-state index in [9.17, 15) is 9.59 Å². The minimum Gasteiger partial charge on any atom is -0.462 e. The first kappa shape index (κ1) is 15.8. The molecule has 0 saturated heterocycles. The van der Waals surface area contributed by atoms with E-state index < -0.39 is 5.97 Å². The van der Waals surface area contributed by atoms with Crippen LogP contribution < -0.4 is 5.32 Å². The summed E-state index contributed by atoms with van der Waals surface area (Å²) in [7, 11) is 0. The van der Waals surface area contributed by atoms with Crippen LogP contribution in [0, 0.1) is 6.92 Å². The van der Waals surface area contributed by atoms with Gasteiger partial charge in [0, 0.05) is 19.2 Å². The fourth-order valence-corrected chi connectivity index (χ4v) is 2.00. The number of ether oxygens (including phenoxy) is 1.